The molecule has 1 aromatic carbocycles. The van der Waals surface area contributed by atoms with Crippen molar-refractivity contribution in [2.45, 2.75) is 13.8 Å². The van der Waals surface area contributed by atoms with Crippen molar-refractivity contribution in [2.75, 3.05) is 37.4 Å². The highest BCUT2D eigenvalue weighted by atomic mass is 16.5. The van der Waals surface area contributed by atoms with E-state index in [1.54, 1.807) is 25.1 Å². The molecule has 5 nitrogen and oxygen atoms in total. The fourth-order valence-electron chi connectivity index (χ4n) is 1.45. The smallest absolute Gasteiger partial charge is 0.338 e. The molecule has 100 valence electrons. The highest BCUT2D eigenvalue weighted by Gasteiger charge is 2.08. The Morgan fingerprint density at radius 3 is 2.78 bits per heavy atom. The highest BCUT2D eigenvalue weighted by Crippen LogP contribution is 2.20. The summed E-state index contributed by atoms with van der Waals surface area (Å²) in [7, 11) is 0. The van der Waals surface area contributed by atoms with Crippen molar-refractivity contribution in [1.82, 2.24) is 0 Å². The Morgan fingerprint density at radius 1 is 1.33 bits per heavy atom. The van der Waals surface area contributed by atoms with E-state index in [-0.39, 0.29) is 5.97 Å². The lowest BCUT2D eigenvalue weighted by Crippen LogP contribution is -2.12. The minimum Gasteiger partial charge on any atom is -0.462 e. The van der Waals surface area contributed by atoms with Crippen LogP contribution in [0.1, 0.15) is 24.2 Å². The quantitative estimate of drug-likeness (QED) is 0.440. The van der Waals surface area contributed by atoms with Gasteiger partial charge >= 0.3 is 5.97 Å². The molecular weight excluding hydrogens is 232 g/mol. The van der Waals surface area contributed by atoms with E-state index < -0.39 is 0 Å². The Labute approximate surface area is 107 Å². The third-order valence-corrected chi connectivity index (χ3v) is 2.33. The van der Waals surface area contributed by atoms with Gasteiger partial charge in [-0.3, -0.25) is 0 Å². The van der Waals surface area contributed by atoms with Crippen LogP contribution in [-0.2, 0) is 9.47 Å². The summed E-state index contributed by atoms with van der Waals surface area (Å²) in [6, 6.07) is 5.04. The number of nitrogens with two attached hydrogens (primary N) is 1. The van der Waals surface area contributed by atoms with Gasteiger partial charge in [0, 0.05) is 13.2 Å². The van der Waals surface area contributed by atoms with Crippen LogP contribution in [0.25, 0.3) is 0 Å². The molecule has 0 heterocycles. The van der Waals surface area contributed by atoms with E-state index in [2.05, 4.69) is 5.32 Å². The second kappa shape index (κ2) is 7.55. The molecule has 0 aliphatic heterocycles. The first-order valence-corrected chi connectivity index (χ1v) is 6.07. The van der Waals surface area contributed by atoms with Crippen LogP contribution in [0.15, 0.2) is 18.2 Å². The van der Waals surface area contributed by atoms with Gasteiger partial charge in [0.15, 0.2) is 0 Å². The van der Waals surface area contributed by atoms with Crippen LogP contribution >= 0.6 is 0 Å². The Morgan fingerprint density at radius 2 is 2.11 bits per heavy atom. The zero-order valence-corrected chi connectivity index (χ0v) is 10.9. The molecule has 1 rings (SSSR count). The summed E-state index contributed by atoms with van der Waals surface area (Å²) in [5.74, 6) is -0.342. The Bertz CT molecular complexity index is 394. The number of nitrogen functional groups attached to an aromatic ring is 1. The number of hydrogen-bond acceptors (Lipinski definition) is 5. The number of benzene rings is 1. The van der Waals surface area contributed by atoms with Crippen LogP contribution in [-0.4, -0.2) is 32.3 Å². The molecule has 3 N–H and O–H groups in total. The lowest BCUT2D eigenvalue weighted by Gasteiger charge is -2.11. The van der Waals surface area contributed by atoms with Gasteiger partial charge in [-0.05, 0) is 32.0 Å². The molecule has 0 aliphatic rings. The maximum absolute atomic E-state index is 11.6. The van der Waals surface area contributed by atoms with Gasteiger partial charge < -0.3 is 20.5 Å². The van der Waals surface area contributed by atoms with E-state index in [4.69, 9.17) is 15.2 Å². The molecule has 0 fully saturated rings. The topological polar surface area (TPSA) is 73.6 Å². The number of rotatable bonds is 7. The molecule has 0 amide bonds. The van der Waals surface area contributed by atoms with Crippen molar-refractivity contribution in [1.29, 1.82) is 0 Å². The lowest BCUT2D eigenvalue weighted by atomic mass is 10.1. The fraction of sp³-hybridized carbons (Fsp3) is 0.462. The predicted octanol–water partition coefficient (Wildman–Crippen LogP) is 1.89. The minimum atomic E-state index is -0.342. The first-order valence-electron chi connectivity index (χ1n) is 6.07. The van der Waals surface area contributed by atoms with Gasteiger partial charge in [0.2, 0.25) is 0 Å². The van der Waals surface area contributed by atoms with Crippen LogP contribution in [0.4, 0.5) is 11.4 Å². The van der Waals surface area contributed by atoms with Crippen molar-refractivity contribution in [3.8, 4) is 0 Å². The first-order chi connectivity index (χ1) is 8.69. The number of nitrogens with one attached hydrogen (secondary N) is 1. The van der Waals surface area contributed by atoms with Crippen molar-refractivity contribution in [3.63, 3.8) is 0 Å². The zero-order valence-electron chi connectivity index (χ0n) is 10.9. The average Bonchev–Trinajstić information content (AvgIpc) is 2.37. The van der Waals surface area contributed by atoms with E-state index in [1.165, 1.54) is 0 Å². The fourth-order valence-corrected chi connectivity index (χ4v) is 1.45. The van der Waals surface area contributed by atoms with Gasteiger partial charge in [0.1, 0.15) is 0 Å². The number of hydrogen-bond donors (Lipinski definition) is 2. The maximum atomic E-state index is 11.6. The average molecular weight is 252 g/mol. The molecule has 0 unspecified atom stereocenters. The van der Waals surface area contributed by atoms with Crippen molar-refractivity contribution >= 4 is 17.3 Å². The summed E-state index contributed by atoms with van der Waals surface area (Å²) in [6.07, 6.45) is 0. The molecule has 0 saturated carbocycles. The molecule has 0 bridgehead atoms. The van der Waals surface area contributed by atoms with E-state index in [1.807, 2.05) is 6.92 Å². The van der Waals surface area contributed by atoms with Gasteiger partial charge in [-0.15, -0.1) is 0 Å². The van der Waals surface area contributed by atoms with Gasteiger partial charge in [-0.2, -0.15) is 0 Å². The molecule has 0 spiro atoms. The summed E-state index contributed by atoms with van der Waals surface area (Å²) in [4.78, 5) is 11.6. The first kappa shape index (κ1) is 14.3. The third kappa shape index (κ3) is 4.25. The third-order valence-electron chi connectivity index (χ3n) is 2.33. The number of ether oxygens (including phenoxy) is 2. The van der Waals surface area contributed by atoms with E-state index in [0.29, 0.717) is 37.6 Å². The second-order valence-corrected chi connectivity index (χ2v) is 3.65. The van der Waals surface area contributed by atoms with E-state index in [0.717, 1.165) is 5.69 Å². The second-order valence-electron chi connectivity index (χ2n) is 3.65. The largest absolute Gasteiger partial charge is 0.462 e. The normalized spacial score (nSPS) is 10.1. The van der Waals surface area contributed by atoms with Crippen LogP contribution in [0.5, 0.6) is 0 Å². The lowest BCUT2D eigenvalue weighted by molar-refractivity contribution is 0.0526. The summed E-state index contributed by atoms with van der Waals surface area (Å²) in [5, 5.41) is 3.13. The van der Waals surface area contributed by atoms with Crippen LogP contribution in [0.3, 0.4) is 0 Å². The monoisotopic (exact) mass is 252 g/mol. The van der Waals surface area contributed by atoms with E-state index >= 15 is 0 Å². The van der Waals surface area contributed by atoms with Crippen LogP contribution in [0, 0.1) is 0 Å². The number of anilines is 2. The molecule has 0 saturated heterocycles. The predicted molar refractivity (Wildman–Crippen MR) is 71.8 cm³/mol. The van der Waals surface area contributed by atoms with Gasteiger partial charge in [0.25, 0.3) is 0 Å². The summed E-state index contributed by atoms with van der Waals surface area (Å²) in [5.41, 5.74) is 7.63. The van der Waals surface area contributed by atoms with E-state index in [9.17, 15) is 4.79 Å². The Kier molecular flexibility index (Phi) is 6.00. The zero-order chi connectivity index (χ0) is 13.4. The molecule has 0 aliphatic carbocycles. The molecule has 0 radical (unpaired) electrons. The molecule has 1 aromatic rings. The van der Waals surface area contributed by atoms with Crippen molar-refractivity contribution in [3.05, 3.63) is 23.8 Å². The van der Waals surface area contributed by atoms with Crippen LogP contribution < -0.4 is 11.1 Å². The van der Waals surface area contributed by atoms with Crippen LogP contribution in [0.2, 0.25) is 0 Å². The summed E-state index contributed by atoms with van der Waals surface area (Å²) >= 11 is 0. The van der Waals surface area contributed by atoms with Gasteiger partial charge in [-0.25, -0.2) is 4.79 Å². The minimum absolute atomic E-state index is 0.342. The Hall–Kier alpha value is -1.75. The molecule has 0 aromatic heterocycles. The van der Waals surface area contributed by atoms with Gasteiger partial charge in [0.05, 0.1) is 30.2 Å². The number of esters is 1. The molecular formula is C13H20N2O3. The SMILES string of the molecule is CCOCCNc1cc(C(=O)OCC)ccc1N. The standard InChI is InChI=1S/C13H20N2O3/c1-3-17-8-7-15-12-9-10(5-6-11(12)14)13(16)18-4-2/h5-6,9,15H,3-4,7-8,14H2,1-2H3. The number of carbonyl (C=O) groups is 1. The summed E-state index contributed by atoms with van der Waals surface area (Å²) in [6.45, 7) is 5.99. The molecule has 5 heteroatoms. The Balaban J connectivity index is 2.66. The summed E-state index contributed by atoms with van der Waals surface area (Å²) < 4.78 is 10.2. The molecule has 0 atom stereocenters. The van der Waals surface area contributed by atoms with Crippen molar-refractivity contribution in [2.24, 2.45) is 0 Å². The maximum Gasteiger partial charge on any atom is 0.338 e. The highest BCUT2D eigenvalue weighted by molar-refractivity contribution is 5.92. The van der Waals surface area contributed by atoms with Crippen molar-refractivity contribution < 1.29 is 14.3 Å². The number of carbonyl (C=O) groups excluding carboxylic acids is 1. The van der Waals surface area contributed by atoms with Gasteiger partial charge in [-0.1, -0.05) is 0 Å². The molecule has 18 heavy (non-hydrogen) atoms.